The smallest absolute Gasteiger partial charge is 0.416 e. The largest absolute Gasteiger partial charge is 0.487 e. The van der Waals surface area contributed by atoms with Gasteiger partial charge in [0.05, 0.1) is 12.2 Å². The fourth-order valence-electron chi connectivity index (χ4n) is 4.15. The summed E-state index contributed by atoms with van der Waals surface area (Å²) in [5.41, 5.74) is 2.05. The predicted molar refractivity (Wildman–Crippen MR) is 145 cm³/mol. The molecule has 5 nitrogen and oxygen atoms in total. The molecular weight excluding hydrogens is 507 g/mol. The van der Waals surface area contributed by atoms with Crippen LogP contribution in [-0.4, -0.2) is 17.6 Å². The van der Waals surface area contributed by atoms with Gasteiger partial charge in [-0.3, -0.25) is 0 Å². The van der Waals surface area contributed by atoms with Crippen molar-refractivity contribution in [2.45, 2.75) is 78.5 Å². The van der Waals surface area contributed by atoms with Crippen LogP contribution in [0.15, 0.2) is 59.0 Å². The van der Waals surface area contributed by atoms with E-state index in [9.17, 15) is 18.0 Å². The number of aryl methyl sites for hydroxylation is 1. The van der Waals surface area contributed by atoms with Gasteiger partial charge in [-0.1, -0.05) is 51.2 Å². The molecule has 0 saturated heterocycles. The maximum absolute atomic E-state index is 12.9. The third-order valence-electron chi connectivity index (χ3n) is 6.31. The molecular formula is C31H36F3NO4. The molecule has 0 unspecified atom stereocenters. The number of hydrogen-bond donors (Lipinski definition) is 0. The summed E-state index contributed by atoms with van der Waals surface area (Å²) in [7, 11) is 0. The Hall–Kier alpha value is -3.55. The van der Waals surface area contributed by atoms with Gasteiger partial charge in [-0.05, 0) is 74.2 Å². The Balaban J connectivity index is 1.69. The molecule has 210 valence electrons. The number of alkyl halides is 3. The van der Waals surface area contributed by atoms with Crippen LogP contribution in [0.2, 0.25) is 0 Å². The van der Waals surface area contributed by atoms with Crippen molar-refractivity contribution < 1.29 is 31.9 Å². The molecule has 1 heterocycles. The predicted octanol–water partition coefficient (Wildman–Crippen LogP) is 8.94. The molecule has 0 spiro atoms. The van der Waals surface area contributed by atoms with Crippen LogP contribution in [0.4, 0.5) is 13.2 Å². The Morgan fingerprint density at radius 1 is 1.00 bits per heavy atom. The van der Waals surface area contributed by atoms with E-state index < -0.39 is 11.7 Å². The number of oxazole rings is 1. The molecule has 0 N–H and O–H groups in total. The molecule has 0 radical (unpaired) electrons. The minimum atomic E-state index is -4.40. The Labute approximate surface area is 228 Å². The van der Waals surface area contributed by atoms with Gasteiger partial charge >= 0.3 is 12.1 Å². The lowest BCUT2D eigenvalue weighted by Crippen LogP contribution is -2.04. The van der Waals surface area contributed by atoms with Gasteiger partial charge in [0.25, 0.3) is 0 Å². The fourth-order valence-corrected chi connectivity index (χ4v) is 4.15. The zero-order valence-corrected chi connectivity index (χ0v) is 22.8. The zero-order valence-electron chi connectivity index (χ0n) is 22.8. The van der Waals surface area contributed by atoms with Crippen molar-refractivity contribution in [1.82, 2.24) is 4.98 Å². The minimum Gasteiger partial charge on any atom is -0.487 e. The van der Waals surface area contributed by atoms with E-state index in [2.05, 4.69) is 11.9 Å². The third kappa shape index (κ3) is 9.30. The van der Waals surface area contributed by atoms with E-state index in [1.54, 1.807) is 19.9 Å². The Morgan fingerprint density at radius 2 is 1.72 bits per heavy atom. The third-order valence-corrected chi connectivity index (χ3v) is 6.31. The Morgan fingerprint density at radius 3 is 2.41 bits per heavy atom. The topological polar surface area (TPSA) is 61.6 Å². The van der Waals surface area contributed by atoms with Gasteiger partial charge in [0, 0.05) is 11.6 Å². The quantitative estimate of drug-likeness (QED) is 0.115. The van der Waals surface area contributed by atoms with E-state index in [4.69, 9.17) is 13.9 Å². The van der Waals surface area contributed by atoms with Crippen molar-refractivity contribution >= 4 is 11.5 Å². The second-order valence-corrected chi connectivity index (χ2v) is 9.35. The van der Waals surface area contributed by atoms with Crippen LogP contribution in [0.1, 0.15) is 81.4 Å². The summed E-state index contributed by atoms with van der Waals surface area (Å²) in [5.74, 6) is 0.988. The van der Waals surface area contributed by atoms with E-state index >= 15 is 0 Å². The number of rotatable bonds is 14. The molecule has 0 saturated carbocycles. The van der Waals surface area contributed by atoms with Crippen molar-refractivity contribution in [3.63, 3.8) is 0 Å². The first kappa shape index (κ1) is 30.0. The number of aromatic nitrogens is 1. The molecule has 2 aromatic carbocycles. The maximum atomic E-state index is 12.9. The second kappa shape index (κ2) is 14.6. The lowest BCUT2D eigenvalue weighted by molar-refractivity contribution is -0.138. The molecule has 3 rings (SSSR count). The molecule has 0 amide bonds. The lowest BCUT2D eigenvalue weighted by Gasteiger charge is -2.11. The maximum Gasteiger partial charge on any atom is 0.416 e. The fraction of sp³-hybridized carbons (Fsp3) is 0.419. The van der Waals surface area contributed by atoms with E-state index in [1.165, 1.54) is 37.8 Å². The number of carbonyl (C=O) groups is 1. The zero-order chi connectivity index (χ0) is 28.3. The summed E-state index contributed by atoms with van der Waals surface area (Å²) in [5, 5.41) is 0. The van der Waals surface area contributed by atoms with Crippen molar-refractivity contribution in [2.24, 2.45) is 0 Å². The highest BCUT2D eigenvalue weighted by molar-refractivity contribution is 5.91. The summed E-state index contributed by atoms with van der Waals surface area (Å²) in [6, 6.07) is 12.2. The minimum absolute atomic E-state index is 0.119. The molecule has 3 aromatic rings. The van der Waals surface area contributed by atoms with E-state index in [-0.39, 0.29) is 18.5 Å². The monoisotopic (exact) mass is 543 g/mol. The lowest BCUT2D eigenvalue weighted by atomic mass is 9.98. The first-order valence-corrected chi connectivity index (χ1v) is 13.5. The van der Waals surface area contributed by atoms with E-state index in [0.717, 1.165) is 42.5 Å². The normalized spacial score (nSPS) is 12.0. The number of allylic oxidation sites excluding steroid dienone is 1. The van der Waals surface area contributed by atoms with Crippen LogP contribution in [0.25, 0.3) is 17.0 Å². The summed E-state index contributed by atoms with van der Waals surface area (Å²) in [6.07, 6.45) is 4.83. The number of halogens is 3. The van der Waals surface area contributed by atoms with Crippen molar-refractivity contribution in [1.29, 1.82) is 0 Å². The van der Waals surface area contributed by atoms with Gasteiger partial charge < -0.3 is 13.9 Å². The van der Waals surface area contributed by atoms with Gasteiger partial charge in [-0.15, -0.1) is 0 Å². The van der Waals surface area contributed by atoms with Crippen LogP contribution < -0.4 is 4.74 Å². The van der Waals surface area contributed by atoms with Crippen LogP contribution in [0.5, 0.6) is 5.75 Å². The van der Waals surface area contributed by atoms with Crippen molar-refractivity contribution in [2.75, 3.05) is 6.61 Å². The van der Waals surface area contributed by atoms with Crippen LogP contribution in [-0.2, 0) is 22.3 Å². The van der Waals surface area contributed by atoms with Gasteiger partial charge in [-0.2, -0.15) is 13.2 Å². The highest BCUT2D eigenvalue weighted by atomic mass is 19.4. The summed E-state index contributed by atoms with van der Waals surface area (Å²) >= 11 is 0. The standard InChI is InChI=1S/C31H36F3NO4/c1-4-6-7-8-9-10-12-25(20-29(36)37-5-2)24-13-11-14-27(19-24)38-21-28-22(3)39-30(35-28)23-15-17-26(18-16-23)31(32,33)34/h11,13-20H,4-10,12,21H2,1-3H3/b25-20-. The van der Waals surface area contributed by atoms with E-state index in [1.807, 2.05) is 24.3 Å². The molecule has 39 heavy (non-hydrogen) atoms. The molecule has 1 aromatic heterocycles. The molecule has 0 atom stereocenters. The van der Waals surface area contributed by atoms with Crippen LogP contribution in [0, 0.1) is 6.92 Å². The second-order valence-electron chi connectivity index (χ2n) is 9.35. The Kier molecular flexibility index (Phi) is 11.2. The number of nitrogens with zero attached hydrogens (tertiary/aromatic N) is 1. The molecule has 0 aliphatic rings. The van der Waals surface area contributed by atoms with Crippen molar-refractivity contribution in [3.8, 4) is 17.2 Å². The number of benzene rings is 2. The highest BCUT2D eigenvalue weighted by Crippen LogP contribution is 2.31. The van der Waals surface area contributed by atoms with Gasteiger partial charge in [0.1, 0.15) is 23.8 Å². The highest BCUT2D eigenvalue weighted by Gasteiger charge is 2.30. The Bertz CT molecular complexity index is 1230. The average molecular weight is 544 g/mol. The number of carbonyl (C=O) groups excluding carboxylic acids is 1. The van der Waals surface area contributed by atoms with Gasteiger partial charge in [0.15, 0.2) is 0 Å². The number of unbranched alkanes of at least 4 members (excludes halogenated alkanes) is 5. The average Bonchev–Trinajstić information content (AvgIpc) is 3.29. The summed E-state index contributed by atoms with van der Waals surface area (Å²) < 4.78 is 55.4. The molecule has 0 aliphatic carbocycles. The molecule has 8 heteroatoms. The number of ether oxygens (including phenoxy) is 2. The SMILES string of the molecule is CCCCCCCC/C(=C/C(=O)OCC)c1cccc(OCc2nc(-c3ccc(C(F)(F)F)cc3)oc2C)c1. The van der Waals surface area contributed by atoms with Crippen LogP contribution >= 0.6 is 0 Å². The van der Waals surface area contributed by atoms with E-state index in [0.29, 0.717) is 29.4 Å². The number of esters is 1. The molecule has 0 aliphatic heterocycles. The summed E-state index contributed by atoms with van der Waals surface area (Å²) in [6.45, 7) is 6.14. The van der Waals surface area contributed by atoms with Crippen molar-refractivity contribution in [3.05, 3.63) is 77.2 Å². The van der Waals surface area contributed by atoms with Gasteiger partial charge in [0.2, 0.25) is 5.89 Å². The summed E-state index contributed by atoms with van der Waals surface area (Å²) in [4.78, 5) is 16.6. The number of hydrogen-bond acceptors (Lipinski definition) is 5. The molecule has 0 fully saturated rings. The molecule has 0 bridgehead atoms. The van der Waals surface area contributed by atoms with Gasteiger partial charge in [-0.25, -0.2) is 9.78 Å². The van der Waals surface area contributed by atoms with Crippen LogP contribution in [0.3, 0.4) is 0 Å². The first-order chi connectivity index (χ1) is 18.7. The first-order valence-electron chi connectivity index (χ1n) is 13.5.